The van der Waals surface area contributed by atoms with Gasteiger partial charge in [0.05, 0.1) is 11.1 Å². The van der Waals surface area contributed by atoms with E-state index in [1.54, 1.807) is 36.4 Å². The van der Waals surface area contributed by atoms with E-state index in [0.29, 0.717) is 33.6 Å². The number of nitrogens with one attached hydrogen (secondary N) is 2. The Hall–Kier alpha value is -2.45. The van der Waals surface area contributed by atoms with Crippen molar-refractivity contribution < 1.29 is 14.3 Å². The van der Waals surface area contributed by atoms with Gasteiger partial charge in [0, 0.05) is 29.9 Å². The number of amides is 2. The molecule has 1 aliphatic rings. The number of nitrogens with zero attached hydrogens (tertiary/aromatic N) is 1. The number of carbonyl (C=O) groups excluding carboxylic acids is 2. The highest BCUT2D eigenvalue weighted by atomic mass is 79.9. The largest absolute Gasteiger partial charge is 0.492 e. The summed E-state index contributed by atoms with van der Waals surface area (Å²) in [6, 6.07) is 12.3. The van der Waals surface area contributed by atoms with Crippen molar-refractivity contribution in [1.29, 1.82) is 0 Å². The van der Waals surface area contributed by atoms with Crippen molar-refractivity contribution >= 4 is 50.8 Å². The van der Waals surface area contributed by atoms with E-state index in [1.807, 2.05) is 11.0 Å². The third kappa shape index (κ3) is 6.77. The van der Waals surface area contributed by atoms with E-state index in [-0.39, 0.29) is 16.9 Å². The average molecular weight is 518 g/mol. The smallest absolute Gasteiger partial charge is 0.257 e. The first kappa shape index (κ1) is 24.2. The number of thiocarbonyl (C=S) groups is 1. The Bertz CT molecular complexity index is 977. The molecule has 2 aromatic carbocycles. The molecule has 0 aromatic heterocycles. The molecule has 0 spiro atoms. The lowest BCUT2D eigenvalue weighted by atomic mass is 10.1. The van der Waals surface area contributed by atoms with Crippen LogP contribution in [0.5, 0.6) is 5.75 Å². The van der Waals surface area contributed by atoms with Crippen LogP contribution in [0.1, 0.15) is 59.7 Å². The zero-order valence-corrected chi connectivity index (χ0v) is 20.6. The van der Waals surface area contributed by atoms with Crippen molar-refractivity contribution in [2.75, 3.05) is 25.0 Å². The first-order valence-electron chi connectivity index (χ1n) is 10.9. The second-order valence-corrected chi connectivity index (χ2v) is 8.95. The fourth-order valence-electron chi connectivity index (χ4n) is 3.43. The highest BCUT2D eigenvalue weighted by Gasteiger charge is 2.18. The van der Waals surface area contributed by atoms with E-state index in [0.717, 1.165) is 38.8 Å². The lowest BCUT2D eigenvalue weighted by molar-refractivity contribution is 0.0724. The Morgan fingerprint density at radius 3 is 2.59 bits per heavy atom. The average Bonchev–Trinajstić information content (AvgIpc) is 2.80. The predicted octanol–water partition coefficient (Wildman–Crippen LogP) is 5.38. The number of unbranched alkanes of at least 4 members (excludes halogenated alkanes) is 1. The van der Waals surface area contributed by atoms with E-state index >= 15 is 0 Å². The van der Waals surface area contributed by atoms with Gasteiger partial charge in [-0.25, -0.2) is 0 Å². The number of halogens is 1. The quantitative estimate of drug-likeness (QED) is 0.381. The zero-order valence-electron chi connectivity index (χ0n) is 18.2. The van der Waals surface area contributed by atoms with Gasteiger partial charge in [-0.3, -0.25) is 14.9 Å². The number of benzene rings is 2. The number of likely N-dealkylation sites (tertiary alicyclic amines) is 1. The molecule has 0 bridgehead atoms. The summed E-state index contributed by atoms with van der Waals surface area (Å²) in [4.78, 5) is 27.2. The first-order valence-corrected chi connectivity index (χ1v) is 12.1. The molecule has 0 unspecified atom stereocenters. The van der Waals surface area contributed by atoms with Crippen LogP contribution in [0.2, 0.25) is 0 Å². The number of rotatable bonds is 7. The van der Waals surface area contributed by atoms with Gasteiger partial charge >= 0.3 is 0 Å². The van der Waals surface area contributed by atoms with Gasteiger partial charge < -0.3 is 15.0 Å². The fourth-order valence-corrected chi connectivity index (χ4v) is 4.14. The van der Waals surface area contributed by atoms with Crippen LogP contribution in [-0.4, -0.2) is 41.5 Å². The highest BCUT2D eigenvalue weighted by Crippen LogP contribution is 2.26. The van der Waals surface area contributed by atoms with Gasteiger partial charge in [0.2, 0.25) is 0 Å². The molecule has 2 aromatic rings. The third-order valence-corrected chi connectivity index (χ3v) is 6.01. The summed E-state index contributed by atoms with van der Waals surface area (Å²) >= 11 is 8.75. The zero-order chi connectivity index (χ0) is 22.9. The molecule has 6 nitrogen and oxygen atoms in total. The number of piperidine rings is 1. The molecule has 8 heteroatoms. The topological polar surface area (TPSA) is 70.7 Å². The normalized spacial score (nSPS) is 13.4. The molecule has 1 heterocycles. The molecule has 1 aliphatic heterocycles. The number of hydrogen-bond acceptors (Lipinski definition) is 4. The molecule has 0 saturated carbocycles. The highest BCUT2D eigenvalue weighted by molar-refractivity contribution is 9.10. The van der Waals surface area contributed by atoms with E-state index in [9.17, 15) is 9.59 Å². The summed E-state index contributed by atoms with van der Waals surface area (Å²) in [6.07, 6.45) is 5.28. The number of hydrogen-bond donors (Lipinski definition) is 2. The first-order chi connectivity index (χ1) is 15.5. The molecule has 1 fully saturated rings. The molecule has 3 rings (SSSR count). The van der Waals surface area contributed by atoms with Gasteiger partial charge in [-0.2, -0.15) is 0 Å². The van der Waals surface area contributed by atoms with Crippen LogP contribution in [0.25, 0.3) is 0 Å². The van der Waals surface area contributed by atoms with Gasteiger partial charge in [-0.15, -0.1) is 0 Å². The van der Waals surface area contributed by atoms with Crippen molar-refractivity contribution in [3.63, 3.8) is 0 Å². The van der Waals surface area contributed by atoms with Crippen LogP contribution in [0, 0.1) is 0 Å². The van der Waals surface area contributed by atoms with Crippen LogP contribution in [0.3, 0.4) is 0 Å². The summed E-state index contributed by atoms with van der Waals surface area (Å²) in [5.41, 5.74) is 1.71. The summed E-state index contributed by atoms with van der Waals surface area (Å²) in [6.45, 7) is 4.32. The Kier molecular flexibility index (Phi) is 9.05. The maximum atomic E-state index is 12.7. The van der Waals surface area contributed by atoms with Gasteiger partial charge in [0.15, 0.2) is 5.11 Å². The van der Waals surface area contributed by atoms with E-state index in [1.165, 1.54) is 6.42 Å². The maximum absolute atomic E-state index is 12.7. The molecular formula is C24H28BrN3O3S. The van der Waals surface area contributed by atoms with E-state index in [4.69, 9.17) is 17.0 Å². The predicted molar refractivity (Wildman–Crippen MR) is 134 cm³/mol. The van der Waals surface area contributed by atoms with Crippen molar-refractivity contribution in [2.45, 2.75) is 39.0 Å². The molecule has 1 saturated heterocycles. The van der Waals surface area contributed by atoms with Gasteiger partial charge in [-0.05, 0) is 90.2 Å². The summed E-state index contributed by atoms with van der Waals surface area (Å²) in [7, 11) is 0. The monoisotopic (exact) mass is 517 g/mol. The molecule has 0 aliphatic carbocycles. The Morgan fingerprint density at radius 2 is 1.88 bits per heavy atom. The maximum Gasteiger partial charge on any atom is 0.257 e. The standard InChI is InChI=1S/C24H28BrN3O3S/c1-2-3-14-31-21-11-10-17(16-20(21)25)22(29)27-24(32)26-19-9-7-8-18(15-19)23(30)28-12-5-4-6-13-28/h7-11,15-16H,2-6,12-14H2,1H3,(H2,26,27,29,32). The minimum absolute atomic E-state index is 0.0226. The minimum atomic E-state index is -0.330. The van der Waals surface area contributed by atoms with Crippen molar-refractivity contribution in [3.8, 4) is 5.75 Å². The van der Waals surface area contributed by atoms with Crippen molar-refractivity contribution in [1.82, 2.24) is 10.2 Å². The van der Waals surface area contributed by atoms with Crippen molar-refractivity contribution in [3.05, 3.63) is 58.1 Å². The van der Waals surface area contributed by atoms with Gasteiger partial charge in [-0.1, -0.05) is 19.4 Å². The number of anilines is 1. The van der Waals surface area contributed by atoms with Crippen LogP contribution >= 0.6 is 28.1 Å². The van der Waals surface area contributed by atoms with Crippen LogP contribution < -0.4 is 15.4 Å². The van der Waals surface area contributed by atoms with Crippen LogP contribution in [0.4, 0.5) is 5.69 Å². The summed E-state index contributed by atoms with van der Waals surface area (Å²) in [5.74, 6) is 0.393. The minimum Gasteiger partial charge on any atom is -0.492 e. The Labute approximate surface area is 202 Å². The molecule has 0 atom stereocenters. The van der Waals surface area contributed by atoms with E-state index < -0.39 is 0 Å². The van der Waals surface area contributed by atoms with Gasteiger partial charge in [0.25, 0.3) is 11.8 Å². The number of ether oxygens (including phenoxy) is 1. The molecular weight excluding hydrogens is 490 g/mol. The van der Waals surface area contributed by atoms with Crippen LogP contribution in [-0.2, 0) is 0 Å². The second-order valence-electron chi connectivity index (χ2n) is 7.69. The lowest BCUT2D eigenvalue weighted by Crippen LogP contribution is -2.36. The molecule has 2 N–H and O–H groups in total. The SMILES string of the molecule is CCCCOc1ccc(C(=O)NC(=S)Nc2cccc(C(=O)N3CCCCC3)c2)cc1Br. The molecule has 0 radical (unpaired) electrons. The Balaban J connectivity index is 1.57. The summed E-state index contributed by atoms with van der Waals surface area (Å²) in [5, 5.41) is 5.84. The van der Waals surface area contributed by atoms with Crippen LogP contribution in [0.15, 0.2) is 46.9 Å². The molecule has 32 heavy (non-hydrogen) atoms. The fraction of sp³-hybridized carbons (Fsp3) is 0.375. The lowest BCUT2D eigenvalue weighted by Gasteiger charge is -2.26. The molecule has 2 amide bonds. The van der Waals surface area contributed by atoms with E-state index in [2.05, 4.69) is 33.5 Å². The van der Waals surface area contributed by atoms with Gasteiger partial charge in [0.1, 0.15) is 5.75 Å². The molecule has 170 valence electrons. The summed E-state index contributed by atoms with van der Waals surface area (Å²) < 4.78 is 6.41. The third-order valence-electron chi connectivity index (χ3n) is 5.19. The number of carbonyl (C=O) groups is 2. The van der Waals surface area contributed by atoms with Crippen molar-refractivity contribution in [2.24, 2.45) is 0 Å². The second kappa shape index (κ2) is 12.0. The Morgan fingerprint density at radius 1 is 1.09 bits per heavy atom.